The van der Waals surface area contributed by atoms with E-state index in [1.54, 1.807) is 25.1 Å². The predicted octanol–water partition coefficient (Wildman–Crippen LogP) is 3.10. The molecule has 1 amide bonds. The van der Waals surface area contributed by atoms with Crippen LogP contribution in [0, 0.1) is 5.82 Å². The molecule has 2 rings (SSSR count). The monoisotopic (exact) mass is 344 g/mol. The van der Waals surface area contributed by atoms with E-state index in [-0.39, 0.29) is 12.5 Å². The number of benzene rings is 1. The van der Waals surface area contributed by atoms with Crippen LogP contribution in [0.4, 0.5) is 9.18 Å². The molecule has 1 aromatic carbocycles. The highest BCUT2D eigenvalue weighted by molar-refractivity contribution is 9.10. The van der Waals surface area contributed by atoms with E-state index < -0.39 is 18.0 Å². The molecule has 1 unspecified atom stereocenters. The third kappa shape index (κ3) is 2.63. The Morgan fingerprint density at radius 1 is 1.60 bits per heavy atom. The maximum atomic E-state index is 14.0. The summed E-state index contributed by atoms with van der Waals surface area (Å²) in [6.45, 7) is 1.73. The number of halogens is 2. The number of amides is 1. The van der Waals surface area contributed by atoms with Crippen molar-refractivity contribution in [1.82, 2.24) is 4.90 Å². The summed E-state index contributed by atoms with van der Waals surface area (Å²) < 4.78 is 14.3. The van der Waals surface area contributed by atoms with Crippen LogP contribution in [0.5, 0.6) is 0 Å². The van der Waals surface area contributed by atoms with Gasteiger partial charge in [-0.2, -0.15) is 0 Å². The maximum Gasteiger partial charge on any atom is 0.408 e. The molecule has 0 saturated carbocycles. The standard InChI is InChI=1S/C13H14BrFN2O3/c1-7-5-10(16-20)11(17(7)13(18)19)6-8-3-2-4-9(14)12(8)15/h2-4,7,11,20H,5-6H2,1H3,(H,18,19)/t7-,11?/m1/s1. The highest BCUT2D eigenvalue weighted by Crippen LogP contribution is 2.27. The average Bonchev–Trinajstić information content (AvgIpc) is 2.71. The highest BCUT2D eigenvalue weighted by atomic mass is 79.9. The number of rotatable bonds is 2. The Labute approximate surface area is 123 Å². The van der Waals surface area contributed by atoms with Crippen LogP contribution in [0.25, 0.3) is 0 Å². The van der Waals surface area contributed by atoms with E-state index in [0.29, 0.717) is 22.2 Å². The van der Waals surface area contributed by atoms with E-state index in [2.05, 4.69) is 21.1 Å². The summed E-state index contributed by atoms with van der Waals surface area (Å²) in [6.07, 6.45) is -0.610. The molecule has 2 N–H and O–H groups in total. The van der Waals surface area contributed by atoms with Crippen molar-refractivity contribution in [3.63, 3.8) is 0 Å². The largest absolute Gasteiger partial charge is 0.465 e. The number of likely N-dealkylation sites (tertiary alicyclic amines) is 1. The molecule has 1 saturated heterocycles. The van der Waals surface area contributed by atoms with Gasteiger partial charge in [0.15, 0.2) is 0 Å². The van der Waals surface area contributed by atoms with Crippen molar-refractivity contribution in [3.05, 3.63) is 34.1 Å². The molecule has 0 bridgehead atoms. The SMILES string of the molecule is C[C@@H]1CC(=NO)C(Cc2cccc(Br)c2F)N1C(=O)O. The van der Waals surface area contributed by atoms with E-state index in [1.807, 2.05) is 0 Å². The van der Waals surface area contributed by atoms with Crippen molar-refractivity contribution in [3.8, 4) is 0 Å². The van der Waals surface area contributed by atoms with Gasteiger partial charge in [-0.05, 0) is 34.5 Å². The van der Waals surface area contributed by atoms with Gasteiger partial charge in [-0.25, -0.2) is 9.18 Å². The van der Waals surface area contributed by atoms with Gasteiger partial charge in [0, 0.05) is 18.9 Å². The lowest BCUT2D eigenvalue weighted by atomic mass is 10.0. The van der Waals surface area contributed by atoms with E-state index in [0.717, 1.165) is 0 Å². The second-order valence-electron chi connectivity index (χ2n) is 4.77. The van der Waals surface area contributed by atoms with E-state index in [4.69, 9.17) is 5.21 Å². The third-order valence-electron chi connectivity index (χ3n) is 3.49. The first-order valence-electron chi connectivity index (χ1n) is 6.10. The zero-order chi connectivity index (χ0) is 14.9. The fraction of sp³-hybridized carbons (Fsp3) is 0.385. The highest BCUT2D eigenvalue weighted by Gasteiger charge is 2.40. The zero-order valence-electron chi connectivity index (χ0n) is 10.8. The number of carbonyl (C=O) groups is 1. The minimum Gasteiger partial charge on any atom is -0.465 e. The minimum absolute atomic E-state index is 0.140. The first-order valence-corrected chi connectivity index (χ1v) is 6.90. The predicted molar refractivity (Wildman–Crippen MR) is 74.8 cm³/mol. The van der Waals surface area contributed by atoms with Gasteiger partial charge in [0.1, 0.15) is 5.82 Å². The number of oxime groups is 1. The molecule has 2 atom stereocenters. The second-order valence-corrected chi connectivity index (χ2v) is 5.62. The molecule has 1 fully saturated rings. The number of carboxylic acid groups (broad SMARTS) is 1. The molecule has 1 aromatic rings. The normalized spacial score (nSPS) is 24.4. The fourth-order valence-corrected chi connectivity index (χ4v) is 2.97. The average molecular weight is 345 g/mol. The van der Waals surface area contributed by atoms with Crippen molar-refractivity contribution >= 4 is 27.7 Å². The Hall–Kier alpha value is -1.63. The molecule has 7 heteroatoms. The van der Waals surface area contributed by atoms with Gasteiger partial charge >= 0.3 is 6.09 Å². The molecule has 5 nitrogen and oxygen atoms in total. The van der Waals surface area contributed by atoms with Crippen molar-refractivity contribution in [2.45, 2.75) is 31.8 Å². The Bertz CT molecular complexity index is 565. The van der Waals surface area contributed by atoms with Gasteiger partial charge in [0.05, 0.1) is 16.2 Å². The topological polar surface area (TPSA) is 73.1 Å². The van der Waals surface area contributed by atoms with Crippen LogP contribution < -0.4 is 0 Å². The van der Waals surface area contributed by atoms with Crippen molar-refractivity contribution in [2.24, 2.45) is 5.16 Å². The molecule has 20 heavy (non-hydrogen) atoms. The number of hydrogen-bond acceptors (Lipinski definition) is 3. The van der Waals surface area contributed by atoms with Crippen LogP contribution in [-0.4, -0.2) is 39.1 Å². The molecule has 0 aliphatic carbocycles. The molecule has 1 aliphatic heterocycles. The van der Waals surface area contributed by atoms with Crippen LogP contribution in [0.2, 0.25) is 0 Å². The van der Waals surface area contributed by atoms with Gasteiger partial charge in [0.2, 0.25) is 0 Å². The molecule has 108 valence electrons. The van der Waals surface area contributed by atoms with Gasteiger partial charge in [-0.3, -0.25) is 4.90 Å². The van der Waals surface area contributed by atoms with Crippen LogP contribution in [-0.2, 0) is 6.42 Å². The molecule has 1 heterocycles. The van der Waals surface area contributed by atoms with Crippen molar-refractivity contribution in [1.29, 1.82) is 0 Å². The molecule has 1 aliphatic rings. The third-order valence-corrected chi connectivity index (χ3v) is 4.11. The van der Waals surface area contributed by atoms with E-state index >= 15 is 0 Å². The Kier molecular flexibility index (Phi) is 4.27. The lowest BCUT2D eigenvalue weighted by molar-refractivity contribution is 0.129. The molecule has 0 aromatic heterocycles. The molecular weight excluding hydrogens is 331 g/mol. The quantitative estimate of drug-likeness (QED) is 0.639. The summed E-state index contributed by atoms with van der Waals surface area (Å²) in [5, 5.41) is 21.5. The fourth-order valence-electron chi connectivity index (χ4n) is 2.56. The Balaban J connectivity index is 2.33. The van der Waals surface area contributed by atoms with Crippen molar-refractivity contribution < 1.29 is 19.5 Å². The minimum atomic E-state index is -1.10. The smallest absolute Gasteiger partial charge is 0.408 e. The summed E-state index contributed by atoms with van der Waals surface area (Å²) in [7, 11) is 0. The summed E-state index contributed by atoms with van der Waals surface area (Å²) in [5.74, 6) is -0.422. The number of nitrogens with zero attached hydrogens (tertiary/aromatic N) is 2. The summed E-state index contributed by atoms with van der Waals surface area (Å²) in [6, 6.07) is 3.92. The summed E-state index contributed by atoms with van der Waals surface area (Å²) in [5.41, 5.74) is 0.741. The Morgan fingerprint density at radius 2 is 2.30 bits per heavy atom. The van der Waals surface area contributed by atoms with Crippen LogP contribution in [0.3, 0.4) is 0 Å². The van der Waals surface area contributed by atoms with Crippen LogP contribution in [0.15, 0.2) is 27.8 Å². The Morgan fingerprint density at radius 3 is 2.90 bits per heavy atom. The second kappa shape index (κ2) is 5.78. The number of hydrogen-bond donors (Lipinski definition) is 2. The maximum absolute atomic E-state index is 14.0. The lowest BCUT2D eigenvalue weighted by Crippen LogP contribution is -2.42. The summed E-state index contributed by atoms with van der Waals surface area (Å²) in [4.78, 5) is 12.5. The molecular formula is C13H14BrFN2O3. The summed E-state index contributed by atoms with van der Waals surface area (Å²) >= 11 is 3.10. The van der Waals surface area contributed by atoms with E-state index in [9.17, 15) is 14.3 Å². The van der Waals surface area contributed by atoms with Gasteiger partial charge in [-0.15, -0.1) is 0 Å². The van der Waals surface area contributed by atoms with Gasteiger partial charge in [-0.1, -0.05) is 17.3 Å². The molecule has 0 radical (unpaired) electrons. The first-order chi connectivity index (χ1) is 9.45. The van der Waals surface area contributed by atoms with Gasteiger partial charge < -0.3 is 10.3 Å². The van der Waals surface area contributed by atoms with Crippen LogP contribution in [0.1, 0.15) is 18.9 Å². The van der Waals surface area contributed by atoms with Gasteiger partial charge in [0.25, 0.3) is 0 Å². The lowest BCUT2D eigenvalue weighted by Gasteiger charge is -2.25. The molecule has 0 spiro atoms. The van der Waals surface area contributed by atoms with Crippen LogP contribution >= 0.6 is 15.9 Å². The van der Waals surface area contributed by atoms with Crippen molar-refractivity contribution in [2.75, 3.05) is 0 Å². The zero-order valence-corrected chi connectivity index (χ0v) is 12.3. The first kappa shape index (κ1) is 14.8. The van der Waals surface area contributed by atoms with E-state index in [1.165, 1.54) is 4.90 Å².